The molecule has 0 saturated heterocycles. The molecule has 1 N–H and O–H groups in total. The second kappa shape index (κ2) is 10.5. The Morgan fingerprint density at radius 3 is 1.47 bits per heavy atom. The number of anilines is 3. The molecule has 0 atom stereocenters. The van der Waals surface area contributed by atoms with Crippen LogP contribution < -0.4 is 4.90 Å². The molecule has 4 rings (SSSR count). The summed E-state index contributed by atoms with van der Waals surface area (Å²) in [5, 5.41) is 9.10. The number of nitrogens with zero attached hydrogens (tertiary/aromatic N) is 1. The first kappa shape index (κ1) is 24.7. The van der Waals surface area contributed by atoms with E-state index in [1.807, 2.05) is 18.2 Å². The molecule has 4 aromatic carbocycles. The summed E-state index contributed by atoms with van der Waals surface area (Å²) in [4.78, 5) is 13.4. The molecule has 0 radical (unpaired) electrons. The molecule has 3 heteroatoms. The lowest BCUT2D eigenvalue weighted by Gasteiger charge is -2.27. The van der Waals surface area contributed by atoms with Crippen molar-refractivity contribution < 1.29 is 9.90 Å². The molecule has 0 aromatic heterocycles. The topological polar surface area (TPSA) is 40.5 Å². The molecule has 0 saturated carbocycles. The van der Waals surface area contributed by atoms with Crippen molar-refractivity contribution in [2.75, 3.05) is 4.90 Å². The summed E-state index contributed by atoms with van der Waals surface area (Å²) in [6.07, 6.45) is 4.08. The lowest BCUT2D eigenvalue weighted by Crippen LogP contribution is -2.10. The van der Waals surface area contributed by atoms with Crippen molar-refractivity contribution in [2.45, 2.75) is 27.7 Å². The molecule has 0 spiro atoms. The van der Waals surface area contributed by atoms with Crippen LogP contribution in [0.5, 0.6) is 0 Å². The lowest BCUT2D eigenvalue weighted by atomic mass is 10.0. The van der Waals surface area contributed by atoms with E-state index in [1.54, 1.807) is 12.1 Å². The molecular weight excluding hydrogens is 442 g/mol. The number of carboxylic acids is 1. The van der Waals surface area contributed by atoms with E-state index in [4.69, 9.17) is 5.11 Å². The van der Waals surface area contributed by atoms with Crippen molar-refractivity contribution in [2.24, 2.45) is 0 Å². The number of carbonyl (C=O) groups is 1. The SMILES string of the molecule is C=C(C(=O)O)c1ccc(C=Cc2ccc(N(c3ccc(C)c(C)c3)c3ccc(C)c(C)c3)cc2)cc1. The van der Waals surface area contributed by atoms with Gasteiger partial charge in [0.25, 0.3) is 0 Å². The highest BCUT2D eigenvalue weighted by Crippen LogP contribution is 2.36. The highest BCUT2D eigenvalue weighted by Gasteiger charge is 2.14. The summed E-state index contributed by atoms with van der Waals surface area (Å²) in [7, 11) is 0. The molecule has 0 aliphatic carbocycles. The van der Waals surface area contributed by atoms with E-state index >= 15 is 0 Å². The molecule has 0 amide bonds. The summed E-state index contributed by atoms with van der Waals surface area (Å²) >= 11 is 0. The Bertz CT molecular complexity index is 1390. The van der Waals surface area contributed by atoms with Gasteiger partial charge >= 0.3 is 5.97 Å². The Morgan fingerprint density at radius 1 is 0.639 bits per heavy atom. The molecule has 36 heavy (non-hydrogen) atoms. The zero-order valence-corrected chi connectivity index (χ0v) is 21.2. The normalized spacial score (nSPS) is 11.0. The Morgan fingerprint density at radius 2 is 1.06 bits per heavy atom. The van der Waals surface area contributed by atoms with Gasteiger partial charge in [0, 0.05) is 17.1 Å². The van der Waals surface area contributed by atoms with E-state index in [9.17, 15) is 4.79 Å². The number of benzene rings is 4. The minimum absolute atomic E-state index is 0.0956. The van der Waals surface area contributed by atoms with Gasteiger partial charge in [0.1, 0.15) is 0 Å². The highest BCUT2D eigenvalue weighted by molar-refractivity contribution is 6.14. The van der Waals surface area contributed by atoms with Crippen molar-refractivity contribution >= 4 is 40.8 Å². The third kappa shape index (κ3) is 5.47. The van der Waals surface area contributed by atoms with E-state index in [-0.39, 0.29) is 5.57 Å². The second-order valence-electron chi connectivity index (χ2n) is 9.20. The van der Waals surface area contributed by atoms with Gasteiger partial charge in [-0.15, -0.1) is 0 Å². The third-order valence-electron chi connectivity index (χ3n) is 6.63. The number of aryl methyl sites for hydroxylation is 4. The number of hydrogen-bond acceptors (Lipinski definition) is 2. The van der Waals surface area contributed by atoms with Crippen molar-refractivity contribution in [1.29, 1.82) is 0 Å². The Balaban J connectivity index is 1.62. The van der Waals surface area contributed by atoms with E-state index in [2.05, 4.69) is 106 Å². The largest absolute Gasteiger partial charge is 0.478 e. The van der Waals surface area contributed by atoms with Crippen LogP contribution in [-0.4, -0.2) is 11.1 Å². The molecule has 4 aromatic rings. The van der Waals surface area contributed by atoms with Crippen molar-refractivity contribution in [3.8, 4) is 0 Å². The van der Waals surface area contributed by atoms with E-state index in [1.165, 1.54) is 22.3 Å². The van der Waals surface area contributed by atoms with Crippen LogP contribution in [0.25, 0.3) is 17.7 Å². The zero-order valence-electron chi connectivity index (χ0n) is 21.2. The first-order valence-electron chi connectivity index (χ1n) is 12.0. The van der Waals surface area contributed by atoms with Crippen LogP contribution in [0.2, 0.25) is 0 Å². The van der Waals surface area contributed by atoms with Crippen LogP contribution in [0.1, 0.15) is 38.9 Å². The Labute approximate surface area is 213 Å². The maximum Gasteiger partial charge on any atom is 0.335 e. The summed E-state index contributed by atoms with van der Waals surface area (Å²) in [5.41, 5.74) is 11.2. The minimum atomic E-state index is -1.01. The quantitative estimate of drug-likeness (QED) is 0.216. The third-order valence-corrected chi connectivity index (χ3v) is 6.63. The average molecular weight is 474 g/mol. The molecule has 3 nitrogen and oxygen atoms in total. The van der Waals surface area contributed by atoms with Gasteiger partial charge in [0.05, 0.1) is 5.57 Å². The zero-order chi connectivity index (χ0) is 25.8. The minimum Gasteiger partial charge on any atom is -0.478 e. The first-order chi connectivity index (χ1) is 17.2. The molecule has 0 heterocycles. The number of aliphatic carboxylic acids is 1. The fourth-order valence-corrected chi connectivity index (χ4v) is 4.02. The monoisotopic (exact) mass is 473 g/mol. The van der Waals surface area contributed by atoms with Gasteiger partial charge in [-0.2, -0.15) is 0 Å². The lowest BCUT2D eigenvalue weighted by molar-refractivity contribution is -0.130. The van der Waals surface area contributed by atoms with Gasteiger partial charge in [-0.1, -0.05) is 67.3 Å². The van der Waals surface area contributed by atoms with Crippen molar-refractivity contribution in [3.63, 3.8) is 0 Å². The first-order valence-corrected chi connectivity index (χ1v) is 12.0. The van der Waals surface area contributed by atoms with Crippen LogP contribution in [-0.2, 0) is 4.79 Å². The molecule has 180 valence electrons. The predicted octanol–water partition coefficient (Wildman–Crippen LogP) is 8.66. The fourth-order valence-electron chi connectivity index (χ4n) is 4.02. The molecule has 0 unspecified atom stereocenters. The summed E-state index contributed by atoms with van der Waals surface area (Å²) < 4.78 is 0. The van der Waals surface area contributed by atoms with Crippen LogP contribution >= 0.6 is 0 Å². The van der Waals surface area contributed by atoms with Crippen molar-refractivity contribution in [1.82, 2.24) is 0 Å². The van der Waals surface area contributed by atoms with Gasteiger partial charge in [0.15, 0.2) is 0 Å². The van der Waals surface area contributed by atoms with Gasteiger partial charge in [-0.05, 0) is 103 Å². The molecule has 0 aliphatic rings. The van der Waals surface area contributed by atoms with Crippen LogP contribution in [0.15, 0.2) is 91.5 Å². The van der Waals surface area contributed by atoms with Gasteiger partial charge in [-0.3, -0.25) is 0 Å². The fraction of sp³-hybridized carbons (Fsp3) is 0.121. The summed E-state index contributed by atoms with van der Waals surface area (Å²) in [6.45, 7) is 12.2. The second-order valence-corrected chi connectivity index (χ2v) is 9.20. The van der Waals surface area contributed by atoms with E-state index in [0.717, 1.165) is 28.2 Å². The average Bonchev–Trinajstić information content (AvgIpc) is 2.87. The highest BCUT2D eigenvalue weighted by atomic mass is 16.4. The standard InChI is InChI=1S/C33H31NO2/c1-22-6-16-31(20-24(22)3)34(32-17-7-23(2)25(4)21-32)30-18-12-28(13-19-30)9-8-27-10-14-29(15-11-27)26(5)33(35)36/h6-21H,5H2,1-4H3,(H,35,36). The maximum absolute atomic E-state index is 11.1. The molecule has 0 bridgehead atoms. The van der Waals surface area contributed by atoms with Crippen LogP contribution in [0, 0.1) is 27.7 Å². The summed E-state index contributed by atoms with van der Waals surface area (Å²) in [6, 6.07) is 29.0. The van der Waals surface area contributed by atoms with Gasteiger partial charge in [0.2, 0.25) is 0 Å². The molecular formula is C33H31NO2. The van der Waals surface area contributed by atoms with Crippen LogP contribution in [0.3, 0.4) is 0 Å². The van der Waals surface area contributed by atoms with Crippen LogP contribution in [0.4, 0.5) is 17.1 Å². The van der Waals surface area contributed by atoms with Crippen molar-refractivity contribution in [3.05, 3.63) is 130 Å². The molecule has 0 fully saturated rings. The summed E-state index contributed by atoms with van der Waals surface area (Å²) in [5.74, 6) is -1.01. The Hall–Kier alpha value is -4.37. The van der Waals surface area contributed by atoms with E-state index < -0.39 is 5.97 Å². The maximum atomic E-state index is 11.1. The smallest absolute Gasteiger partial charge is 0.335 e. The Kier molecular flexibility index (Phi) is 7.21. The van der Waals surface area contributed by atoms with Gasteiger partial charge in [-0.25, -0.2) is 4.79 Å². The number of carboxylic acid groups (broad SMARTS) is 1. The number of hydrogen-bond donors (Lipinski definition) is 1. The van der Waals surface area contributed by atoms with E-state index in [0.29, 0.717) is 5.56 Å². The molecule has 0 aliphatic heterocycles. The van der Waals surface area contributed by atoms with Gasteiger partial charge < -0.3 is 10.0 Å². The predicted molar refractivity (Wildman–Crippen MR) is 152 cm³/mol. The number of rotatable bonds is 7.